The first-order chi connectivity index (χ1) is 7.31. The molecule has 0 spiro atoms. The van der Waals surface area contributed by atoms with Crippen molar-refractivity contribution < 1.29 is 0 Å². The predicted octanol–water partition coefficient (Wildman–Crippen LogP) is 1.86. The fourth-order valence-corrected chi connectivity index (χ4v) is 2.43. The van der Waals surface area contributed by atoms with Crippen molar-refractivity contribution in [3.05, 3.63) is 35.9 Å². The standard InChI is InChI=1S/C13H20N2/c1-11-13(9-14)7-8-15(11)10-12-5-3-2-4-6-12/h2-6,11,13H,7-10,14H2,1H3. The van der Waals surface area contributed by atoms with Crippen LogP contribution in [0.25, 0.3) is 0 Å². The van der Waals surface area contributed by atoms with Gasteiger partial charge in [0.25, 0.3) is 0 Å². The van der Waals surface area contributed by atoms with Crippen LogP contribution < -0.4 is 5.73 Å². The molecule has 0 aromatic heterocycles. The Balaban J connectivity index is 1.96. The maximum absolute atomic E-state index is 5.75. The third-order valence-electron chi connectivity index (χ3n) is 3.58. The molecule has 2 nitrogen and oxygen atoms in total. The summed E-state index contributed by atoms with van der Waals surface area (Å²) < 4.78 is 0. The maximum atomic E-state index is 5.75. The third kappa shape index (κ3) is 2.39. The lowest BCUT2D eigenvalue weighted by Crippen LogP contribution is -2.32. The van der Waals surface area contributed by atoms with E-state index >= 15 is 0 Å². The molecule has 0 bridgehead atoms. The van der Waals surface area contributed by atoms with Crippen LogP contribution in [0.3, 0.4) is 0 Å². The molecule has 15 heavy (non-hydrogen) atoms. The number of nitrogens with two attached hydrogens (primary N) is 1. The van der Waals surface area contributed by atoms with Crippen LogP contribution in [-0.2, 0) is 6.54 Å². The molecule has 1 aromatic carbocycles. The summed E-state index contributed by atoms with van der Waals surface area (Å²) in [5.74, 6) is 0.689. The van der Waals surface area contributed by atoms with Crippen LogP contribution in [0.1, 0.15) is 18.9 Å². The summed E-state index contributed by atoms with van der Waals surface area (Å²) in [5.41, 5.74) is 7.16. The molecule has 1 saturated heterocycles. The zero-order valence-electron chi connectivity index (χ0n) is 9.39. The Bertz CT molecular complexity index is 297. The maximum Gasteiger partial charge on any atom is 0.0236 e. The molecule has 0 radical (unpaired) electrons. The predicted molar refractivity (Wildman–Crippen MR) is 63.5 cm³/mol. The zero-order valence-corrected chi connectivity index (χ0v) is 9.39. The minimum Gasteiger partial charge on any atom is -0.330 e. The van der Waals surface area contributed by atoms with E-state index in [1.807, 2.05) is 0 Å². The van der Waals surface area contributed by atoms with Gasteiger partial charge in [-0.05, 0) is 37.9 Å². The van der Waals surface area contributed by atoms with Crippen LogP contribution in [0.2, 0.25) is 0 Å². The topological polar surface area (TPSA) is 29.3 Å². The highest BCUT2D eigenvalue weighted by Gasteiger charge is 2.29. The van der Waals surface area contributed by atoms with Crippen molar-refractivity contribution >= 4 is 0 Å². The van der Waals surface area contributed by atoms with Crippen molar-refractivity contribution in [2.75, 3.05) is 13.1 Å². The van der Waals surface area contributed by atoms with Crippen LogP contribution in [0, 0.1) is 5.92 Å². The molecule has 0 aliphatic carbocycles. The van der Waals surface area contributed by atoms with Crippen molar-refractivity contribution in [2.45, 2.75) is 25.9 Å². The first-order valence-corrected chi connectivity index (χ1v) is 5.79. The normalized spacial score (nSPS) is 27.1. The van der Waals surface area contributed by atoms with E-state index in [-0.39, 0.29) is 0 Å². The number of hydrogen-bond donors (Lipinski definition) is 1. The van der Waals surface area contributed by atoms with Crippen LogP contribution in [0.5, 0.6) is 0 Å². The number of rotatable bonds is 3. The second-order valence-electron chi connectivity index (χ2n) is 4.48. The molecule has 1 aliphatic heterocycles. The molecule has 2 N–H and O–H groups in total. The van der Waals surface area contributed by atoms with Crippen molar-refractivity contribution in [2.24, 2.45) is 11.7 Å². The van der Waals surface area contributed by atoms with Gasteiger partial charge < -0.3 is 5.73 Å². The second-order valence-corrected chi connectivity index (χ2v) is 4.48. The highest BCUT2D eigenvalue weighted by Crippen LogP contribution is 2.24. The summed E-state index contributed by atoms with van der Waals surface area (Å²) in [6, 6.07) is 11.3. The molecular formula is C13H20N2. The summed E-state index contributed by atoms with van der Waals surface area (Å²) in [5, 5.41) is 0. The van der Waals surface area contributed by atoms with E-state index in [4.69, 9.17) is 5.73 Å². The molecule has 2 unspecified atom stereocenters. The van der Waals surface area contributed by atoms with Gasteiger partial charge in [-0.1, -0.05) is 30.3 Å². The Morgan fingerprint density at radius 3 is 2.67 bits per heavy atom. The van der Waals surface area contributed by atoms with E-state index < -0.39 is 0 Å². The van der Waals surface area contributed by atoms with E-state index in [9.17, 15) is 0 Å². The molecule has 2 rings (SSSR count). The van der Waals surface area contributed by atoms with Gasteiger partial charge in [0.1, 0.15) is 0 Å². The molecule has 2 heteroatoms. The molecule has 0 saturated carbocycles. The molecule has 1 aromatic rings. The average Bonchev–Trinajstić information content (AvgIpc) is 2.62. The fourth-order valence-electron chi connectivity index (χ4n) is 2.43. The summed E-state index contributed by atoms with van der Waals surface area (Å²) >= 11 is 0. The quantitative estimate of drug-likeness (QED) is 0.814. The Hall–Kier alpha value is -0.860. The molecule has 1 heterocycles. The van der Waals surface area contributed by atoms with Crippen LogP contribution in [0.15, 0.2) is 30.3 Å². The summed E-state index contributed by atoms with van der Waals surface area (Å²) in [7, 11) is 0. The largest absolute Gasteiger partial charge is 0.330 e. The van der Waals surface area contributed by atoms with E-state index in [1.54, 1.807) is 0 Å². The van der Waals surface area contributed by atoms with Gasteiger partial charge in [0.05, 0.1) is 0 Å². The lowest BCUT2D eigenvalue weighted by molar-refractivity contribution is 0.235. The van der Waals surface area contributed by atoms with Crippen LogP contribution in [0.4, 0.5) is 0 Å². The zero-order chi connectivity index (χ0) is 10.7. The summed E-state index contributed by atoms with van der Waals surface area (Å²) in [4.78, 5) is 2.53. The smallest absolute Gasteiger partial charge is 0.0236 e. The monoisotopic (exact) mass is 204 g/mol. The van der Waals surface area contributed by atoms with Gasteiger partial charge in [-0.2, -0.15) is 0 Å². The number of benzene rings is 1. The van der Waals surface area contributed by atoms with Crippen LogP contribution >= 0.6 is 0 Å². The third-order valence-corrected chi connectivity index (χ3v) is 3.58. The van der Waals surface area contributed by atoms with E-state index in [1.165, 1.54) is 18.5 Å². The van der Waals surface area contributed by atoms with Crippen molar-refractivity contribution in [3.63, 3.8) is 0 Å². The Labute approximate surface area is 92.1 Å². The lowest BCUT2D eigenvalue weighted by Gasteiger charge is -2.23. The minimum absolute atomic E-state index is 0.634. The lowest BCUT2D eigenvalue weighted by atomic mass is 10.0. The van der Waals surface area contributed by atoms with Gasteiger partial charge in [0.2, 0.25) is 0 Å². The first-order valence-electron chi connectivity index (χ1n) is 5.79. The van der Waals surface area contributed by atoms with Gasteiger partial charge in [0.15, 0.2) is 0 Å². The molecule has 2 atom stereocenters. The average molecular weight is 204 g/mol. The summed E-state index contributed by atoms with van der Waals surface area (Å²) in [6.07, 6.45) is 1.25. The molecule has 0 amide bonds. The molecule has 1 fully saturated rings. The Morgan fingerprint density at radius 1 is 1.33 bits per heavy atom. The molecular weight excluding hydrogens is 184 g/mol. The number of nitrogens with zero attached hydrogens (tertiary/aromatic N) is 1. The summed E-state index contributed by atoms with van der Waals surface area (Å²) in [6.45, 7) is 5.39. The highest BCUT2D eigenvalue weighted by molar-refractivity contribution is 5.14. The van der Waals surface area contributed by atoms with Gasteiger partial charge >= 0.3 is 0 Å². The number of hydrogen-bond acceptors (Lipinski definition) is 2. The van der Waals surface area contributed by atoms with Gasteiger partial charge in [-0.15, -0.1) is 0 Å². The van der Waals surface area contributed by atoms with E-state index in [0.29, 0.717) is 12.0 Å². The van der Waals surface area contributed by atoms with E-state index in [0.717, 1.165) is 13.1 Å². The molecule has 82 valence electrons. The first kappa shape index (κ1) is 10.7. The Morgan fingerprint density at radius 2 is 2.07 bits per heavy atom. The van der Waals surface area contributed by atoms with Crippen molar-refractivity contribution in [1.82, 2.24) is 4.90 Å². The molecule has 1 aliphatic rings. The second kappa shape index (κ2) is 4.77. The van der Waals surface area contributed by atoms with Crippen LogP contribution in [-0.4, -0.2) is 24.0 Å². The van der Waals surface area contributed by atoms with E-state index in [2.05, 4.69) is 42.2 Å². The fraction of sp³-hybridized carbons (Fsp3) is 0.538. The van der Waals surface area contributed by atoms with Gasteiger partial charge in [-0.25, -0.2) is 0 Å². The number of likely N-dealkylation sites (tertiary alicyclic amines) is 1. The Kier molecular flexibility index (Phi) is 3.39. The van der Waals surface area contributed by atoms with Gasteiger partial charge in [-0.3, -0.25) is 4.90 Å². The minimum atomic E-state index is 0.634. The van der Waals surface area contributed by atoms with Crippen molar-refractivity contribution in [1.29, 1.82) is 0 Å². The highest BCUT2D eigenvalue weighted by atomic mass is 15.2. The van der Waals surface area contributed by atoms with Crippen molar-refractivity contribution in [3.8, 4) is 0 Å². The van der Waals surface area contributed by atoms with Gasteiger partial charge in [0, 0.05) is 12.6 Å². The SMILES string of the molecule is CC1C(CN)CCN1Cc1ccccc1.